The van der Waals surface area contributed by atoms with Crippen LogP contribution in [0.15, 0.2) is 46.9 Å². The lowest BCUT2D eigenvalue weighted by Crippen LogP contribution is -2.33. The van der Waals surface area contributed by atoms with Gasteiger partial charge in [-0.1, -0.05) is 40.2 Å². The van der Waals surface area contributed by atoms with Crippen LogP contribution in [-0.4, -0.2) is 11.9 Å². The molecule has 3 rings (SSSR count). The van der Waals surface area contributed by atoms with Crippen LogP contribution in [-0.2, 0) is 11.2 Å². The zero-order chi connectivity index (χ0) is 14.1. The SMILES string of the molecule is Cc1ccc(Br)cc1NC(=O)C1Cc2ccccc2N1. The number of hydrogen-bond donors (Lipinski definition) is 2. The minimum absolute atomic E-state index is 0.00222. The monoisotopic (exact) mass is 330 g/mol. The fourth-order valence-electron chi connectivity index (χ4n) is 2.40. The maximum Gasteiger partial charge on any atom is 0.247 e. The van der Waals surface area contributed by atoms with Gasteiger partial charge in [-0.3, -0.25) is 4.79 Å². The molecule has 20 heavy (non-hydrogen) atoms. The molecule has 0 aliphatic carbocycles. The van der Waals surface area contributed by atoms with E-state index in [1.54, 1.807) is 0 Å². The highest BCUT2D eigenvalue weighted by atomic mass is 79.9. The van der Waals surface area contributed by atoms with E-state index in [1.165, 1.54) is 5.56 Å². The zero-order valence-electron chi connectivity index (χ0n) is 11.1. The van der Waals surface area contributed by atoms with E-state index in [4.69, 9.17) is 0 Å². The second kappa shape index (κ2) is 5.29. The van der Waals surface area contributed by atoms with Crippen molar-refractivity contribution >= 4 is 33.2 Å². The van der Waals surface area contributed by atoms with E-state index in [0.29, 0.717) is 0 Å². The molecule has 1 atom stereocenters. The topological polar surface area (TPSA) is 41.1 Å². The molecule has 4 heteroatoms. The van der Waals surface area contributed by atoms with Gasteiger partial charge >= 0.3 is 0 Å². The molecule has 0 radical (unpaired) electrons. The second-order valence-electron chi connectivity index (χ2n) is 5.01. The summed E-state index contributed by atoms with van der Waals surface area (Å²) in [5, 5.41) is 6.26. The number of nitrogens with one attached hydrogen (secondary N) is 2. The molecule has 1 heterocycles. The summed E-state index contributed by atoms with van der Waals surface area (Å²) in [7, 11) is 0. The Balaban J connectivity index is 1.74. The first kappa shape index (κ1) is 13.2. The van der Waals surface area contributed by atoms with Crippen molar-refractivity contribution in [2.45, 2.75) is 19.4 Å². The quantitative estimate of drug-likeness (QED) is 0.880. The molecule has 0 fully saturated rings. The molecule has 1 unspecified atom stereocenters. The lowest BCUT2D eigenvalue weighted by Gasteiger charge is -2.14. The van der Waals surface area contributed by atoms with Crippen LogP contribution >= 0.6 is 15.9 Å². The highest BCUT2D eigenvalue weighted by Crippen LogP contribution is 2.26. The van der Waals surface area contributed by atoms with Crippen molar-refractivity contribution in [1.29, 1.82) is 0 Å². The van der Waals surface area contributed by atoms with Gasteiger partial charge in [-0.15, -0.1) is 0 Å². The van der Waals surface area contributed by atoms with Gasteiger partial charge in [-0.2, -0.15) is 0 Å². The summed E-state index contributed by atoms with van der Waals surface area (Å²) < 4.78 is 0.959. The zero-order valence-corrected chi connectivity index (χ0v) is 12.7. The number of carbonyl (C=O) groups is 1. The Bertz CT molecular complexity index is 644. The highest BCUT2D eigenvalue weighted by Gasteiger charge is 2.26. The van der Waals surface area contributed by atoms with Gasteiger partial charge in [0, 0.05) is 22.3 Å². The van der Waals surface area contributed by atoms with Crippen molar-refractivity contribution < 1.29 is 4.79 Å². The molecule has 1 amide bonds. The van der Waals surface area contributed by atoms with Crippen LogP contribution in [0.2, 0.25) is 0 Å². The number of para-hydroxylation sites is 1. The van der Waals surface area contributed by atoms with Crippen molar-refractivity contribution in [2.24, 2.45) is 0 Å². The van der Waals surface area contributed by atoms with Crippen molar-refractivity contribution in [3.63, 3.8) is 0 Å². The van der Waals surface area contributed by atoms with Gasteiger partial charge in [0.1, 0.15) is 6.04 Å². The van der Waals surface area contributed by atoms with Crippen LogP contribution in [0.3, 0.4) is 0 Å². The Morgan fingerprint density at radius 3 is 2.90 bits per heavy atom. The van der Waals surface area contributed by atoms with Crippen molar-refractivity contribution in [1.82, 2.24) is 0 Å². The summed E-state index contributed by atoms with van der Waals surface area (Å²) in [4.78, 5) is 12.4. The second-order valence-corrected chi connectivity index (χ2v) is 5.92. The molecule has 0 aromatic heterocycles. The molecular weight excluding hydrogens is 316 g/mol. The molecule has 2 aromatic rings. The van der Waals surface area contributed by atoms with E-state index in [-0.39, 0.29) is 11.9 Å². The lowest BCUT2D eigenvalue weighted by molar-refractivity contribution is -0.116. The van der Waals surface area contributed by atoms with Gasteiger partial charge in [-0.25, -0.2) is 0 Å². The Hall–Kier alpha value is -1.81. The van der Waals surface area contributed by atoms with Crippen LogP contribution in [0, 0.1) is 6.92 Å². The Morgan fingerprint density at radius 2 is 2.10 bits per heavy atom. The maximum atomic E-state index is 12.4. The number of hydrogen-bond acceptors (Lipinski definition) is 2. The van der Waals surface area contributed by atoms with Crippen molar-refractivity contribution in [3.8, 4) is 0 Å². The molecule has 0 saturated carbocycles. The normalized spacial score (nSPS) is 16.4. The van der Waals surface area contributed by atoms with Crippen LogP contribution in [0.4, 0.5) is 11.4 Å². The van der Waals surface area contributed by atoms with Crippen LogP contribution < -0.4 is 10.6 Å². The van der Waals surface area contributed by atoms with Gasteiger partial charge in [0.25, 0.3) is 0 Å². The van der Waals surface area contributed by atoms with E-state index in [9.17, 15) is 4.79 Å². The number of amides is 1. The average Bonchev–Trinajstić information content (AvgIpc) is 2.87. The number of anilines is 2. The van der Waals surface area contributed by atoms with Crippen LogP contribution in [0.1, 0.15) is 11.1 Å². The van der Waals surface area contributed by atoms with Crippen molar-refractivity contribution in [2.75, 3.05) is 10.6 Å². The average molecular weight is 331 g/mol. The lowest BCUT2D eigenvalue weighted by atomic mass is 10.1. The first-order valence-electron chi connectivity index (χ1n) is 6.55. The van der Waals surface area contributed by atoms with Gasteiger partial charge in [0.15, 0.2) is 0 Å². The van der Waals surface area contributed by atoms with Gasteiger partial charge in [-0.05, 0) is 36.2 Å². The van der Waals surface area contributed by atoms with Crippen LogP contribution in [0.25, 0.3) is 0 Å². The number of carbonyl (C=O) groups excluding carboxylic acids is 1. The molecule has 1 aliphatic rings. The van der Waals surface area contributed by atoms with Crippen LogP contribution in [0.5, 0.6) is 0 Å². The van der Waals surface area contributed by atoms with E-state index in [0.717, 1.165) is 27.8 Å². The summed E-state index contributed by atoms with van der Waals surface area (Å²) in [6, 6.07) is 13.7. The Morgan fingerprint density at radius 1 is 1.30 bits per heavy atom. The Kier molecular flexibility index (Phi) is 3.49. The summed E-state index contributed by atoms with van der Waals surface area (Å²) >= 11 is 3.43. The standard InChI is InChI=1S/C16H15BrN2O/c1-10-6-7-12(17)9-14(10)19-16(20)15-8-11-4-2-3-5-13(11)18-15/h2-7,9,15,18H,8H2,1H3,(H,19,20). The molecule has 3 nitrogen and oxygen atoms in total. The predicted molar refractivity (Wildman–Crippen MR) is 85.1 cm³/mol. The third-order valence-electron chi connectivity index (χ3n) is 3.55. The molecule has 1 aliphatic heterocycles. The van der Waals surface area contributed by atoms with E-state index in [2.05, 4.69) is 32.6 Å². The Labute approximate surface area is 126 Å². The number of benzene rings is 2. The number of fused-ring (bicyclic) bond motifs is 1. The summed E-state index contributed by atoms with van der Waals surface area (Å²) in [6.45, 7) is 1.98. The fourth-order valence-corrected chi connectivity index (χ4v) is 2.77. The highest BCUT2D eigenvalue weighted by molar-refractivity contribution is 9.10. The molecule has 2 aromatic carbocycles. The summed E-state index contributed by atoms with van der Waals surface area (Å²) in [6.07, 6.45) is 0.731. The minimum Gasteiger partial charge on any atom is -0.373 e. The minimum atomic E-state index is -0.203. The summed E-state index contributed by atoms with van der Waals surface area (Å²) in [5.74, 6) is 0.00222. The van der Waals surface area contributed by atoms with E-state index in [1.807, 2.05) is 43.3 Å². The molecule has 0 saturated heterocycles. The number of rotatable bonds is 2. The third-order valence-corrected chi connectivity index (χ3v) is 4.04. The van der Waals surface area contributed by atoms with Gasteiger partial charge in [0.05, 0.1) is 0 Å². The van der Waals surface area contributed by atoms with Gasteiger partial charge in [0.2, 0.25) is 5.91 Å². The first-order chi connectivity index (χ1) is 9.63. The molecule has 102 valence electrons. The summed E-state index contributed by atoms with van der Waals surface area (Å²) in [5.41, 5.74) is 4.15. The molecule has 0 spiro atoms. The van der Waals surface area contributed by atoms with Gasteiger partial charge < -0.3 is 10.6 Å². The number of halogens is 1. The van der Waals surface area contributed by atoms with E-state index >= 15 is 0 Å². The largest absolute Gasteiger partial charge is 0.373 e. The predicted octanol–water partition coefficient (Wildman–Crippen LogP) is 3.73. The molecule has 2 N–H and O–H groups in total. The fraction of sp³-hybridized carbons (Fsp3) is 0.188. The van der Waals surface area contributed by atoms with Crippen molar-refractivity contribution in [3.05, 3.63) is 58.1 Å². The molecule has 0 bridgehead atoms. The van der Waals surface area contributed by atoms with E-state index < -0.39 is 0 Å². The molecular formula is C16H15BrN2O. The maximum absolute atomic E-state index is 12.4. The third kappa shape index (κ3) is 2.56. The number of aryl methyl sites for hydroxylation is 1. The smallest absolute Gasteiger partial charge is 0.247 e. The first-order valence-corrected chi connectivity index (χ1v) is 7.34.